The van der Waals surface area contributed by atoms with Crippen molar-refractivity contribution < 1.29 is 4.74 Å². The van der Waals surface area contributed by atoms with Gasteiger partial charge in [-0.05, 0) is 34.6 Å². The zero-order valence-electron chi connectivity index (χ0n) is 16.0. The van der Waals surface area contributed by atoms with Gasteiger partial charge < -0.3 is 15.4 Å². The number of aliphatic imine (C=N–C) groups is 1. The predicted molar refractivity (Wildman–Crippen MR) is 116 cm³/mol. The molecule has 0 bridgehead atoms. The van der Waals surface area contributed by atoms with Crippen molar-refractivity contribution in [1.82, 2.24) is 20.5 Å². The lowest BCUT2D eigenvalue weighted by Crippen LogP contribution is -2.56. The highest BCUT2D eigenvalue weighted by atomic mass is 127. The van der Waals surface area contributed by atoms with E-state index in [4.69, 9.17) is 4.74 Å². The fourth-order valence-electron chi connectivity index (χ4n) is 2.68. The first-order valence-electron chi connectivity index (χ1n) is 8.70. The van der Waals surface area contributed by atoms with E-state index in [0.717, 1.165) is 56.1 Å². The van der Waals surface area contributed by atoms with Crippen LogP contribution in [0.2, 0.25) is 0 Å². The molecule has 0 radical (unpaired) electrons. The number of thiazole rings is 1. The Morgan fingerprint density at radius 3 is 2.52 bits per heavy atom. The van der Waals surface area contributed by atoms with E-state index >= 15 is 0 Å². The molecule has 2 rings (SSSR count). The Balaban J connectivity index is 0.00000312. The second kappa shape index (κ2) is 10.6. The Morgan fingerprint density at radius 1 is 1.28 bits per heavy atom. The average Bonchev–Trinajstić information content (AvgIpc) is 2.89. The van der Waals surface area contributed by atoms with Crippen molar-refractivity contribution in [2.75, 3.05) is 39.4 Å². The Morgan fingerprint density at radius 2 is 1.96 bits per heavy atom. The number of ether oxygens (including phenoxy) is 1. The maximum absolute atomic E-state index is 5.45. The normalized spacial score (nSPS) is 16.4. The molecule has 8 heteroatoms. The van der Waals surface area contributed by atoms with Gasteiger partial charge in [0.2, 0.25) is 0 Å². The summed E-state index contributed by atoms with van der Waals surface area (Å²) >= 11 is 1.72. The third-order valence-corrected chi connectivity index (χ3v) is 5.40. The van der Waals surface area contributed by atoms with Crippen LogP contribution >= 0.6 is 35.3 Å². The number of rotatable bonds is 6. The number of nitrogens with one attached hydrogen (secondary N) is 2. The quantitative estimate of drug-likeness (QED) is 0.372. The number of hydrogen-bond acceptors (Lipinski definition) is 5. The van der Waals surface area contributed by atoms with Crippen LogP contribution in [0.15, 0.2) is 4.99 Å². The first-order chi connectivity index (χ1) is 11.4. The van der Waals surface area contributed by atoms with Crippen LogP contribution in [0.25, 0.3) is 0 Å². The lowest BCUT2D eigenvalue weighted by molar-refractivity contribution is -0.00834. The molecule has 1 aromatic heterocycles. The molecule has 1 saturated heterocycles. The van der Waals surface area contributed by atoms with E-state index in [-0.39, 0.29) is 29.5 Å². The monoisotopic (exact) mass is 481 g/mol. The largest absolute Gasteiger partial charge is 0.379 e. The standard InChI is InChI=1S/C17H31N5OS.HI/c1-6-18-16(19-11-15-21-13(2)14(3)24-15)20-12-17(4,5)22-7-9-23-10-8-22;/h6-12H2,1-5H3,(H2,18,19,20);1H. The van der Waals surface area contributed by atoms with Crippen LogP contribution in [0.4, 0.5) is 0 Å². The SMILES string of the molecule is CCNC(=NCc1nc(C)c(C)s1)NCC(C)(C)N1CCOCC1.I. The van der Waals surface area contributed by atoms with E-state index in [1.54, 1.807) is 11.3 Å². The Bertz CT molecular complexity index is 536. The van der Waals surface area contributed by atoms with Crippen molar-refractivity contribution in [1.29, 1.82) is 0 Å². The van der Waals surface area contributed by atoms with Gasteiger partial charge in [0.25, 0.3) is 0 Å². The van der Waals surface area contributed by atoms with E-state index in [0.29, 0.717) is 6.54 Å². The molecule has 0 amide bonds. The number of aromatic nitrogens is 1. The smallest absolute Gasteiger partial charge is 0.191 e. The molecule has 0 atom stereocenters. The second-order valence-corrected chi connectivity index (χ2v) is 8.00. The van der Waals surface area contributed by atoms with Crippen molar-refractivity contribution in [3.05, 3.63) is 15.6 Å². The van der Waals surface area contributed by atoms with E-state index in [1.807, 2.05) is 6.92 Å². The van der Waals surface area contributed by atoms with Crippen molar-refractivity contribution in [3.63, 3.8) is 0 Å². The van der Waals surface area contributed by atoms with Crippen LogP contribution in [-0.4, -0.2) is 60.8 Å². The zero-order valence-corrected chi connectivity index (χ0v) is 19.2. The van der Waals surface area contributed by atoms with Gasteiger partial charge in [0.05, 0.1) is 25.5 Å². The van der Waals surface area contributed by atoms with Gasteiger partial charge in [0.1, 0.15) is 5.01 Å². The van der Waals surface area contributed by atoms with Crippen LogP contribution in [0.5, 0.6) is 0 Å². The van der Waals surface area contributed by atoms with Crippen molar-refractivity contribution >= 4 is 41.3 Å². The molecule has 6 nitrogen and oxygen atoms in total. The number of nitrogens with zero attached hydrogens (tertiary/aromatic N) is 3. The Labute approximate surface area is 172 Å². The van der Waals surface area contributed by atoms with Gasteiger partial charge in [-0.1, -0.05) is 0 Å². The molecule has 1 aliphatic heterocycles. The Kier molecular flexibility index (Phi) is 9.61. The van der Waals surface area contributed by atoms with Gasteiger partial charge in [-0.25, -0.2) is 9.98 Å². The molecule has 0 spiro atoms. The van der Waals surface area contributed by atoms with Gasteiger partial charge in [-0.15, -0.1) is 35.3 Å². The Hall–Kier alpha value is -0.450. The van der Waals surface area contributed by atoms with E-state index < -0.39 is 0 Å². The summed E-state index contributed by atoms with van der Waals surface area (Å²) in [5, 5.41) is 7.87. The van der Waals surface area contributed by atoms with Crippen molar-refractivity contribution in [3.8, 4) is 0 Å². The van der Waals surface area contributed by atoms with Crippen LogP contribution < -0.4 is 10.6 Å². The molecule has 2 heterocycles. The molecular weight excluding hydrogens is 449 g/mol. The molecule has 0 aliphatic carbocycles. The zero-order chi connectivity index (χ0) is 17.6. The third-order valence-electron chi connectivity index (χ3n) is 4.35. The minimum absolute atomic E-state index is 0. The van der Waals surface area contributed by atoms with E-state index in [2.05, 4.69) is 53.2 Å². The number of guanidine groups is 1. The minimum Gasteiger partial charge on any atom is -0.379 e. The van der Waals surface area contributed by atoms with E-state index in [1.165, 1.54) is 4.88 Å². The van der Waals surface area contributed by atoms with Gasteiger partial charge in [-0.2, -0.15) is 0 Å². The molecule has 1 aromatic rings. The first kappa shape index (κ1) is 22.6. The summed E-state index contributed by atoms with van der Waals surface area (Å²) in [4.78, 5) is 13.0. The first-order valence-corrected chi connectivity index (χ1v) is 9.52. The lowest BCUT2D eigenvalue weighted by Gasteiger charge is -2.41. The molecule has 25 heavy (non-hydrogen) atoms. The molecule has 1 fully saturated rings. The van der Waals surface area contributed by atoms with Crippen LogP contribution in [0.3, 0.4) is 0 Å². The predicted octanol–water partition coefficient (Wildman–Crippen LogP) is 2.54. The number of halogens is 1. The molecule has 1 aliphatic rings. The maximum atomic E-state index is 5.45. The summed E-state index contributed by atoms with van der Waals surface area (Å²) in [5.74, 6) is 0.851. The van der Waals surface area contributed by atoms with Gasteiger partial charge in [0.15, 0.2) is 5.96 Å². The molecule has 2 N–H and O–H groups in total. The third kappa shape index (κ3) is 6.99. The second-order valence-electron chi connectivity index (χ2n) is 6.71. The molecule has 0 unspecified atom stereocenters. The van der Waals surface area contributed by atoms with Crippen LogP contribution in [0, 0.1) is 13.8 Å². The fourth-order valence-corrected chi connectivity index (χ4v) is 3.53. The summed E-state index contributed by atoms with van der Waals surface area (Å²) in [6.45, 7) is 16.7. The molecule has 0 aromatic carbocycles. The topological polar surface area (TPSA) is 61.8 Å². The summed E-state index contributed by atoms with van der Waals surface area (Å²) < 4.78 is 5.45. The van der Waals surface area contributed by atoms with E-state index in [9.17, 15) is 0 Å². The summed E-state index contributed by atoms with van der Waals surface area (Å²) in [6, 6.07) is 0. The highest BCUT2D eigenvalue weighted by Gasteiger charge is 2.28. The number of aryl methyl sites for hydroxylation is 2. The number of morpholine rings is 1. The highest BCUT2D eigenvalue weighted by molar-refractivity contribution is 14.0. The number of hydrogen-bond donors (Lipinski definition) is 2. The average molecular weight is 481 g/mol. The summed E-state index contributed by atoms with van der Waals surface area (Å²) in [5.41, 5.74) is 1.17. The minimum atomic E-state index is 0. The van der Waals surface area contributed by atoms with Crippen LogP contribution in [0.1, 0.15) is 36.3 Å². The summed E-state index contributed by atoms with van der Waals surface area (Å²) in [6.07, 6.45) is 0. The molecule has 144 valence electrons. The van der Waals surface area contributed by atoms with Gasteiger partial charge >= 0.3 is 0 Å². The van der Waals surface area contributed by atoms with Crippen molar-refractivity contribution in [2.45, 2.75) is 46.7 Å². The van der Waals surface area contributed by atoms with Gasteiger partial charge in [0, 0.05) is 36.6 Å². The van der Waals surface area contributed by atoms with Crippen LogP contribution in [-0.2, 0) is 11.3 Å². The maximum Gasteiger partial charge on any atom is 0.191 e. The van der Waals surface area contributed by atoms with Crippen molar-refractivity contribution in [2.24, 2.45) is 4.99 Å². The highest BCUT2D eigenvalue weighted by Crippen LogP contribution is 2.17. The lowest BCUT2D eigenvalue weighted by atomic mass is 10.0. The van der Waals surface area contributed by atoms with Gasteiger partial charge in [-0.3, -0.25) is 4.90 Å². The molecular formula is C17H32IN5OS. The molecule has 0 saturated carbocycles. The fraction of sp³-hybridized carbons (Fsp3) is 0.765. The summed E-state index contributed by atoms with van der Waals surface area (Å²) in [7, 11) is 0.